The van der Waals surface area contributed by atoms with Crippen LogP contribution in [0.2, 0.25) is 0 Å². The average Bonchev–Trinajstić information content (AvgIpc) is 2.85. The monoisotopic (exact) mass is 274 g/mol. The number of hydrogen-bond donors (Lipinski definition) is 0. The van der Waals surface area contributed by atoms with Gasteiger partial charge in [0.15, 0.2) is 0 Å². The van der Waals surface area contributed by atoms with Crippen molar-refractivity contribution in [1.82, 2.24) is 0 Å². The lowest BCUT2D eigenvalue weighted by Gasteiger charge is -2.07. The summed E-state index contributed by atoms with van der Waals surface area (Å²) in [5.41, 5.74) is 2.71. The Morgan fingerprint density at radius 1 is 1.40 bits per heavy atom. The first-order valence-electron chi connectivity index (χ1n) is 7.69. The van der Waals surface area contributed by atoms with Crippen LogP contribution < -0.4 is 9.47 Å². The zero-order chi connectivity index (χ0) is 14.4. The standard InChI is InChI=1S/C18H26O2/c1-14(2)5-4-6-15(3)9-11-19-17-8-7-16-10-12-20-18(16)13-17/h7-9,13-14H,4-6,10-12H2,1-3H3/b15-9+. The van der Waals surface area contributed by atoms with Crippen molar-refractivity contribution in [3.8, 4) is 11.5 Å². The van der Waals surface area contributed by atoms with Crippen LogP contribution in [0.25, 0.3) is 0 Å². The van der Waals surface area contributed by atoms with Crippen molar-refractivity contribution >= 4 is 0 Å². The third-order valence-electron chi connectivity index (χ3n) is 3.70. The molecule has 0 radical (unpaired) electrons. The largest absolute Gasteiger partial charge is 0.493 e. The van der Waals surface area contributed by atoms with E-state index in [0.29, 0.717) is 6.61 Å². The summed E-state index contributed by atoms with van der Waals surface area (Å²) in [4.78, 5) is 0. The summed E-state index contributed by atoms with van der Waals surface area (Å²) in [6.45, 7) is 8.19. The van der Waals surface area contributed by atoms with Crippen LogP contribution in [0.5, 0.6) is 11.5 Å². The van der Waals surface area contributed by atoms with Gasteiger partial charge in [-0.15, -0.1) is 0 Å². The maximum Gasteiger partial charge on any atom is 0.126 e. The minimum Gasteiger partial charge on any atom is -0.493 e. The molecule has 2 nitrogen and oxygen atoms in total. The second kappa shape index (κ2) is 7.37. The molecule has 0 fully saturated rings. The lowest BCUT2D eigenvalue weighted by atomic mass is 10.0. The SMILES string of the molecule is C/C(=C\COc1ccc2c(c1)OCC2)CCCC(C)C. The molecule has 0 amide bonds. The number of benzene rings is 1. The lowest BCUT2D eigenvalue weighted by Crippen LogP contribution is -1.95. The first-order chi connectivity index (χ1) is 9.65. The predicted molar refractivity (Wildman–Crippen MR) is 83.6 cm³/mol. The molecule has 0 atom stereocenters. The molecule has 1 aromatic carbocycles. The summed E-state index contributed by atoms with van der Waals surface area (Å²) in [6, 6.07) is 6.15. The highest BCUT2D eigenvalue weighted by molar-refractivity contribution is 5.42. The van der Waals surface area contributed by atoms with Gasteiger partial charge in [0.1, 0.15) is 18.1 Å². The normalized spacial score (nSPS) is 14.3. The molecule has 1 heterocycles. The minimum atomic E-state index is 0.645. The van der Waals surface area contributed by atoms with E-state index in [2.05, 4.69) is 32.9 Å². The first-order valence-corrected chi connectivity index (χ1v) is 7.69. The first kappa shape index (κ1) is 15.0. The second-order valence-corrected chi connectivity index (χ2v) is 6.02. The summed E-state index contributed by atoms with van der Waals surface area (Å²) in [5.74, 6) is 2.68. The molecule has 0 saturated heterocycles. The molecular formula is C18H26O2. The zero-order valence-electron chi connectivity index (χ0n) is 12.9. The van der Waals surface area contributed by atoms with Crippen molar-refractivity contribution in [3.63, 3.8) is 0 Å². The Hall–Kier alpha value is -1.44. The molecule has 0 bridgehead atoms. The molecule has 0 aliphatic carbocycles. The fourth-order valence-electron chi connectivity index (χ4n) is 2.41. The second-order valence-electron chi connectivity index (χ2n) is 6.02. The Bertz CT molecular complexity index is 460. The van der Waals surface area contributed by atoms with Crippen molar-refractivity contribution in [2.75, 3.05) is 13.2 Å². The zero-order valence-corrected chi connectivity index (χ0v) is 12.9. The van der Waals surface area contributed by atoms with E-state index < -0.39 is 0 Å². The summed E-state index contributed by atoms with van der Waals surface area (Å²) in [5, 5.41) is 0. The van der Waals surface area contributed by atoms with Crippen molar-refractivity contribution in [3.05, 3.63) is 35.4 Å². The molecule has 20 heavy (non-hydrogen) atoms. The van der Waals surface area contributed by atoms with E-state index in [0.717, 1.165) is 30.4 Å². The number of rotatable bonds is 7. The highest BCUT2D eigenvalue weighted by Gasteiger charge is 2.12. The molecule has 1 aliphatic heterocycles. The van der Waals surface area contributed by atoms with Gasteiger partial charge in [-0.3, -0.25) is 0 Å². The molecule has 2 heteroatoms. The molecule has 0 saturated carbocycles. The Labute approximate surface area is 122 Å². The van der Waals surface area contributed by atoms with Gasteiger partial charge >= 0.3 is 0 Å². The van der Waals surface area contributed by atoms with Gasteiger partial charge in [-0.2, -0.15) is 0 Å². The molecule has 1 aliphatic rings. The highest BCUT2D eigenvalue weighted by atomic mass is 16.5. The summed E-state index contributed by atoms with van der Waals surface area (Å²) in [6.07, 6.45) is 6.95. The van der Waals surface area contributed by atoms with Crippen molar-refractivity contribution < 1.29 is 9.47 Å². The number of ether oxygens (including phenoxy) is 2. The van der Waals surface area contributed by atoms with Gasteiger partial charge in [-0.1, -0.05) is 31.9 Å². The van der Waals surface area contributed by atoms with E-state index in [1.807, 2.05) is 12.1 Å². The molecule has 2 rings (SSSR count). The van der Waals surface area contributed by atoms with E-state index >= 15 is 0 Å². The molecule has 110 valence electrons. The van der Waals surface area contributed by atoms with E-state index in [9.17, 15) is 0 Å². The van der Waals surface area contributed by atoms with Crippen LogP contribution in [0.4, 0.5) is 0 Å². The van der Waals surface area contributed by atoms with Crippen molar-refractivity contribution in [1.29, 1.82) is 0 Å². The van der Waals surface area contributed by atoms with Gasteiger partial charge in [0.2, 0.25) is 0 Å². The Morgan fingerprint density at radius 2 is 2.25 bits per heavy atom. The van der Waals surface area contributed by atoms with Crippen molar-refractivity contribution in [2.24, 2.45) is 5.92 Å². The van der Waals surface area contributed by atoms with Crippen LogP contribution in [0, 0.1) is 5.92 Å². The molecule has 0 aromatic heterocycles. The van der Waals surface area contributed by atoms with Crippen LogP contribution >= 0.6 is 0 Å². The van der Waals surface area contributed by atoms with Gasteiger partial charge < -0.3 is 9.47 Å². The quantitative estimate of drug-likeness (QED) is 0.667. The molecule has 0 spiro atoms. The van der Waals surface area contributed by atoms with Gasteiger partial charge in [-0.25, -0.2) is 0 Å². The van der Waals surface area contributed by atoms with E-state index in [4.69, 9.17) is 9.47 Å². The van der Waals surface area contributed by atoms with E-state index in [1.165, 1.54) is 30.4 Å². The maximum absolute atomic E-state index is 5.77. The van der Waals surface area contributed by atoms with Gasteiger partial charge in [-0.05, 0) is 43.4 Å². The highest BCUT2D eigenvalue weighted by Crippen LogP contribution is 2.29. The van der Waals surface area contributed by atoms with Crippen LogP contribution in [0.3, 0.4) is 0 Å². The van der Waals surface area contributed by atoms with E-state index in [-0.39, 0.29) is 0 Å². The molecule has 0 N–H and O–H groups in total. The fourth-order valence-corrected chi connectivity index (χ4v) is 2.41. The molecule has 0 unspecified atom stereocenters. The smallest absolute Gasteiger partial charge is 0.126 e. The third-order valence-corrected chi connectivity index (χ3v) is 3.70. The fraction of sp³-hybridized carbons (Fsp3) is 0.556. The van der Waals surface area contributed by atoms with E-state index in [1.54, 1.807) is 0 Å². The minimum absolute atomic E-state index is 0.645. The van der Waals surface area contributed by atoms with Crippen LogP contribution in [-0.2, 0) is 6.42 Å². The maximum atomic E-state index is 5.77. The Kier molecular flexibility index (Phi) is 5.51. The van der Waals surface area contributed by atoms with Crippen molar-refractivity contribution in [2.45, 2.75) is 46.5 Å². The Morgan fingerprint density at radius 3 is 3.05 bits per heavy atom. The molecule has 1 aromatic rings. The van der Waals surface area contributed by atoms with Crippen LogP contribution in [-0.4, -0.2) is 13.2 Å². The Balaban J connectivity index is 1.74. The number of fused-ring (bicyclic) bond motifs is 1. The average molecular weight is 274 g/mol. The summed E-state index contributed by atoms with van der Waals surface area (Å²) >= 11 is 0. The lowest BCUT2D eigenvalue weighted by molar-refractivity contribution is 0.343. The van der Waals surface area contributed by atoms with Crippen LogP contribution in [0.15, 0.2) is 29.8 Å². The summed E-state index contributed by atoms with van der Waals surface area (Å²) < 4.78 is 11.3. The van der Waals surface area contributed by atoms with Gasteiger partial charge in [0, 0.05) is 12.5 Å². The molecular weight excluding hydrogens is 248 g/mol. The number of allylic oxidation sites excluding steroid dienone is 1. The third kappa shape index (κ3) is 4.59. The van der Waals surface area contributed by atoms with Gasteiger partial charge in [0.05, 0.1) is 6.61 Å². The van der Waals surface area contributed by atoms with Crippen LogP contribution in [0.1, 0.15) is 45.6 Å². The topological polar surface area (TPSA) is 18.5 Å². The number of hydrogen-bond acceptors (Lipinski definition) is 2. The summed E-state index contributed by atoms with van der Waals surface area (Å²) in [7, 11) is 0. The van der Waals surface area contributed by atoms with Gasteiger partial charge in [0.25, 0.3) is 0 Å². The predicted octanol–water partition coefficient (Wildman–Crippen LogP) is 4.77.